The van der Waals surface area contributed by atoms with E-state index in [1.807, 2.05) is 20.8 Å². The monoisotopic (exact) mass is 182 g/mol. The van der Waals surface area contributed by atoms with Gasteiger partial charge >= 0.3 is 0 Å². The molecule has 13 heavy (non-hydrogen) atoms. The molecule has 0 aromatic rings. The third-order valence-electron chi connectivity index (χ3n) is 1.78. The molecule has 0 saturated heterocycles. The highest BCUT2D eigenvalue weighted by Crippen LogP contribution is 2.16. The number of amides is 1. The minimum Gasteiger partial charge on any atom is -0.354 e. The van der Waals surface area contributed by atoms with Crippen LogP contribution in [0.1, 0.15) is 27.2 Å². The van der Waals surface area contributed by atoms with Crippen molar-refractivity contribution in [1.29, 1.82) is 0 Å². The summed E-state index contributed by atoms with van der Waals surface area (Å²) in [6, 6.07) is -0.481. The second kappa shape index (κ2) is 4.88. The molecule has 0 rings (SSSR count). The fourth-order valence-electron chi connectivity index (χ4n) is 0.761. The maximum Gasteiger partial charge on any atom is 0.237 e. The van der Waals surface area contributed by atoms with Gasteiger partial charge in [-0.1, -0.05) is 20.8 Å². The van der Waals surface area contributed by atoms with E-state index in [0.717, 1.165) is 0 Å². The smallest absolute Gasteiger partial charge is 0.237 e. The van der Waals surface area contributed by atoms with Crippen LogP contribution in [0.4, 0.5) is 0 Å². The Balaban J connectivity index is 3.92. The molecule has 0 fully saturated rings. The first-order chi connectivity index (χ1) is 5.89. The molecule has 0 aliphatic carbocycles. The molecule has 0 aromatic heterocycles. The van der Waals surface area contributed by atoms with Crippen molar-refractivity contribution in [3.63, 3.8) is 0 Å². The normalized spacial score (nSPS) is 13.2. The second-order valence-electron chi connectivity index (χ2n) is 4.09. The van der Waals surface area contributed by atoms with Crippen molar-refractivity contribution < 1.29 is 4.79 Å². The molecule has 0 saturated carbocycles. The van der Waals surface area contributed by atoms with Crippen molar-refractivity contribution in [3.05, 3.63) is 0 Å². The Kier molecular flexibility index (Phi) is 4.50. The van der Waals surface area contributed by atoms with Crippen LogP contribution in [0.2, 0.25) is 0 Å². The zero-order valence-electron chi connectivity index (χ0n) is 8.55. The molecule has 0 heterocycles. The lowest BCUT2D eigenvalue weighted by Crippen LogP contribution is -2.48. The van der Waals surface area contributed by atoms with Gasteiger partial charge in [0.1, 0.15) is 0 Å². The molecular formula is C10H18N2O. The van der Waals surface area contributed by atoms with Crippen LogP contribution in [-0.4, -0.2) is 18.5 Å². The van der Waals surface area contributed by atoms with Gasteiger partial charge in [-0.2, -0.15) is 0 Å². The van der Waals surface area contributed by atoms with Gasteiger partial charge in [0, 0.05) is 13.0 Å². The SMILES string of the molecule is C#CCCNC(=O)[C@H](N)C(C)(C)C. The summed E-state index contributed by atoms with van der Waals surface area (Å²) in [5.41, 5.74) is 5.50. The van der Waals surface area contributed by atoms with Crippen LogP contribution in [0, 0.1) is 17.8 Å². The molecule has 0 aliphatic heterocycles. The molecule has 0 unspecified atom stereocenters. The Morgan fingerprint density at radius 3 is 2.54 bits per heavy atom. The van der Waals surface area contributed by atoms with Gasteiger partial charge < -0.3 is 11.1 Å². The van der Waals surface area contributed by atoms with Crippen molar-refractivity contribution in [2.75, 3.05) is 6.54 Å². The van der Waals surface area contributed by atoms with E-state index >= 15 is 0 Å². The number of rotatable bonds is 3. The number of terminal acetylenes is 1. The molecule has 0 radical (unpaired) electrons. The zero-order chi connectivity index (χ0) is 10.5. The molecule has 0 spiro atoms. The van der Waals surface area contributed by atoms with Gasteiger partial charge in [-0.15, -0.1) is 12.3 Å². The fraction of sp³-hybridized carbons (Fsp3) is 0.700. The van der Waals surface area contributed by atoms with Crippen LogP contribution in [-0.2, 0) is 4.79 Å². The Morgan fingerprint density at radius 2 is 2.15 bits per heavy atom. The van der Waals surface area contributed by atoms with E-state index in [0.29, 0.717) is 13.0 Å². The minimum atomic E-state index is -0.481. The van der Waals surface area contributed by atoms with Gasteiger partial charge in [0.2, 0.25) is 5.91 Å². The first-order valence-electron chi connectivity index (χ1n) is 4.36. The Labute approximate surface area is 80.1 Å². The Hall–Kier alpha value is -1.01. The fourth-order valence-corrected chi connectivity index (χ4v) is 0.761. The third kappa shape index (κ3) is 4.54. The number of carbonyl (C=O) groups is 1. The van der Waals surface area contributed by atoms with E-state index in [9.17, 15) is 4.79 Å². The lowest BCUT2D eigenvalue weighted by atomic mass is 9.87. The molecular weight excluding hydrogens is 164 g/mol. The molecule has 1 amide bonds. The van der Waals surface area contributed by atoms with E-state index < -0.39 is 6.04 Å². The summed E-state index contributed by atoms with van der Waals surface area (Å²) < 4.78 is 0. The average Bonchev–Trinajstić information content (AvgIpc) is 2.01. The predicted molar refractivity (Wildman–Crippen MR) is 53.9 cm³/mol. The van der Waals surface area contributed by atoms with E-state index in [2.05, 4.69) is 11.2 Å². The van der Waals surface area contributed by atoms with Crippen LogP contribution in [0.3, 0.4) is 0 Å². The summed E-state index contributed by atoms with van der Waals surface area (Å²) in [4.78, 5) is 11.4. The summed E-state index contributed by atoms with van der Waals surface area (Å²) in [7, 11) is 0. The average molecular weight is 182 g/mol. The van der Waals surface area contributed by atoms with Gasteiger partial charge in [-0.3, -0.25) is 4.79 Å². The quantitative estimate of drug-likeness (QED) is 0.493. The van der Waals surface area contributed by atoms with Crippen molar-refractivity contribution in [3.8, 4) is 12.3 Å². The Bertz CT molecular complexity index is 210. The molecule has 1 atom stereocenters. The van der Waals surface area contributed by atoms with Crippen LogP contribution in [0.15, 0.2) is 0 Å². The van der Waals surface area contributed by atoms with Crippen LogP contribution >= 0.6 is 0 Å². The van der Waals surface area contributed by atoms with Crippen molar-refractivity contribution in [2.24, 2.45) is 11.1 Å². The van der Waals surface area contributed by atoms with E-state index in [1.54, 1.807) is 0 Å². The third-order valence-corrected chi connectivity index (χ3v) is 1.78. The summed E-state index contributed by atoms with van der Waals surface area (Å²) in [6.45, 7) is 6.29. The summed E-state index contributed by atoms with van der Waals surface area (Å²) in [5.74, 6) is 2.31. The van der Waals surface area contributed by atoms with Crippen molar-refractivity contribution in [1.82, 2.24) is 5.32 Å². The van der Waals surface area contributed by atoms with Gasteiger partial charge in [0.15, 0.2) is 0 Å². The van der Waals surface area contributed by atoms with Gasteiger partial charge in [0.05, 0.1) is 6.04 Å². The van der Waals surface area contributed by atoms with Crippen molar-refractivity contribution in [2.45, 2.75) is 33.2 Å². The van der Waals surface area contributed by atoms with Gasteiger partial charge in [0.25, 0.3) is 0 Å². The van der Waals surface area contributed by atoms with Crippen LogP contribution < -0.4 is 11.1 Å². The van der Waals surface area contributed by atoms with Crippen molar-refractivity contribution >= 4 is 5.91 Å². The highest BCUT2D eigenvalue weighted by Gasteiger charge is 2.26. The summed E-state index contributed by atoms with van der Waals surface area (Å²) >= 11 is 0. The molecule has 0 aromatic carbocycles. The maximum atomic E-state index is 11.4. The second-order valence-corrected chi connectivity index (χ2v) is 4.09. The zero-order valence-corrected chi connectivity index (χ0v) is 8.55. The summed E-state index contributed by atoms with van der Waals surface area (Å²) in [5, 5.41) is 2.68. The molecule has 0 bridgehead atoms. The number of carbonyl (C=O) groups excluding carboxylic acids is 1. The lowest BCUT2D eigenvalue weighted by molar-refractivity contribution is -0.124. The number of hydrogen-bond acceptors (Lipinski definition) is 2. The van der Waals surface area contributed by atoms with E-state index in [4.69, 9.17) is 12.2 Å². The van der Waals surface area contributed by atoms with Gasteiger partial charge in [-0.05, 0) is 5.41 Å². The first kappa shape index (κ1) is 12.0. The van der Waals surface area contributed by atoms with E-state index in [1.165, 1.54) is 0 Å². The largest absolute Gasteiger partial charge is 0.354 e. The predicted octanol–water partition coefficient (Wildman–Crippen LogP) is 0.499. The Morgan fingerprint density at radius 1 is 1.62 bits per heavy atom. The van der Waals surface area contributed by atoms with Gasteiger partial charge in [-0.25, -0.2) is 0 Å². The molecule has 3 heteroatoms. The first-order valence-corrected chi connectivity index (χ1v) is 4.36. The lowest BCUT2D eigenvalue weighted by Gasteiger charge is -2.25. The topological polar surface area (TPSA) is 55.1 Å². The highest BCUT2D eigenvalue weighted by atomic mass is 16.2. The van der Waals surface area contributed by atoms with Crippen LogP contribution in [0.25, 0.3) is 0 Å². The minimum absolute atomic E-state index is 0.136. The number of nitrogens with two attached hydrogens (primary N) is 1. The number of hydrogen-bond donors (Lipinski definition) is 2. The molecule has 3 nitrogen and oxygen atoms in total. The number of nitrogens with one attached hydrogen (secondary N) is 1. The van der Waals surface area contributed by atoms with Crippen LogP contribution in [0.5, 0.6) is 0 Å². The molecule has 3 N–H and O–H groups in total. The highest BCUT2D eigenvalue weighted by molar-refractivity contribution is 5.82. The standard InChI is InChI=1S/C10H18N2O/c1-5-6-7-12-9(13)8(11)10(2,3)4/h1,8H,6-7,11H2,2-4H3,(H,12,13)/t8-/m0/s1. The van der Waals surface area contributed by atoms with E-state index in [-0.39, 0.29) is 11.3 Å². The molecule has 74 valence electrons. The molecule has 0 aliphatic rings. The maximum absolute atomic E-state index is 11.4. The summed E-state index contributed by atoms with van der Waals surface area (Å²) in [6.07, 6.45) is 5.59.